The van der Waals surface area contributed by atoms with Gasteiger partial charge in [-0.2, -0.15) is 11.3 Å². The molecule has 0 aliphatic heterocycles. The number of thiophene rings is 1. The molecule has 62 valence electrons. The van der Waals surface area contributed by atoms with Crippen LogP contribution in [0.3, 0.4) is 0 Å². The van der Waals surface area contributed by atoms with Crippen molar-refractivity contribution in [3.63, 3.8) is 0 Å². The topological polar surface area (TPSA) is 26.0 Å². The first-order valence-electron chi connectivity index (χ1n) is 3.88. The van der Waals surface area contributed by atoms with E-state index in [1.807, 2.05) is 0 Å². The third-order valence-corrected chi connectivity index (χ3v) is 2.37. The standard InChI is InChI=1S/C9H15NS/c1-9(2,10)5-3-8-4-6-11-7-8/h4,6-7H,3,5,10H2,1-2H3. The molecule has 0 saturated carbocycles. The van der Waals surface area contributed by atoms with Crippen LogP contribution in [-0.4, -0.2) is 5.54 Å². The van der Waals surface area contributed by atoms with E-state index in [2.05, 4.69) is 30.7 Å². The molecule has 0 unspecified atom stereocenters. The summed E-state index contributed by atoms with van der Waals surface area (Å²) in [6.45, 7) is 4.14. The van der Waals surface area contributed by atoms with E-state index < -0.39 is 0 Å². The molecule has 0 fully saturated rings. The molecule has 0 aromatic carbocycles. The molecular weight excluding hydrogens is 154 g/mol. The van der Waals surface area contributed by atoms with Gasteiger partial charge in [-0.1, -0.05) is 0 Å². The second-order valence-electron chi connectivity index (χ2n) is 3.62. The molecule has 1 nitrogen and oxygen atoms in total. The lowest BCUT2D eigenvalue weighted by Gasteiger charge is -2.17. The molecule has 0 aliphatic carbocycles. The van der Waals surface area contributed by atoms with Crippen LogP contribution in [0.25, 0.3) is 0 Å². The highest BCUT2D eigenvalue weighted by Crippen LogP contribution is 2.13. The monoisotopic (exact) mass is 169 g/mol. The average Bonchev–Trinajstić information content (AvgIpc) is 2.32. The SMILES string of the molecule is CC(C)(N)CCc1ccsc1. The highest BCUT2D eigenvalue weighted by Gasteiger charge is 2.09. The van der Waals surface area contributed by atoms with Crippen molar-refractivity contribution in [2.75, 3.05) is 0 Å². The molecule has 0 bridgehead atoms. The lowest BCUT2D eigenvalue weighted by molar-refractivity contribution is 0.477. The maximum absolute atomic E-state index is 5.86. The van der Waals surface area contributed by atoms with Crippen LogP contribution in [0, 0.1) is 0 Å². The summed E-state index contributed by atoms with van der Waals surface area (Å²) in [5.41, 5.74) is 7.24. The van der Waals surface area contributed by atoms with Crippen molar-refractivity contribution in [1.29, 1.82) is 0 Å². The summed E-state index contributed by atoms with van der Waals surface area (Å²) in [6.07, 6.45) is 2.16. The third kappa shape index (κ3) is 3.54. The zero-order valence-electron chi connectivity index (χ0n) is 7.13. The number of hydrogen-bond acceptors (Lipinski definition) is 2. The number of hydrogen-bond donors (Lipinski definition) is 1. The Bertz CT molecular complexity index is 196. The predicted octanol–water partition coefficient (Wildman–Crippen LogP) is 2.42. The highest BCUT2D eigenvalue weighted by molar-refractivity contribution is 7.07. The van der Waals surface area contributed by atoms with E-state index in [9.17, 15) is 0 Å². The van der Waals surface area contributed by atoms with Crippen molar-refractivity contribution < 1.29 is 0 Å². The van der Waals surface area contributed by atoms with E-state index in [0.717, 1.165) is 12.8 Å². The second kappa shape index (κ2) is 3.37. The largest absolute Gasteiger partial charge is 0.326 e. The minimum absolute atomic E-state index is 0.0259. The summed E-state index contributed by atoms with van der Waals surface area (Å²) in [7, 11) is 0. The lowest BCUT2D eigenvalue weighted by Crippen LogP contribution is -2.32. The number of aryl methyl sites for hydroxylation is 1. The highest BCUT2D eigenvalue weighted by atomic mass is 32.1. The zero-order chi connectivity index (χ0) is 8.32. The van der Waals surface area contributed by atoms with Crippen LogP contribution in [0.2, 0.25) is 0 Å². The second-order valence-corrected chi connectivity index (χ2v) is 4.40. The van der Waals surface area contributed by atoms with Crippen LogP contribution in [0.15, 0.2) is 16.8 Å². The molecule has 0 amide bonds. The zero-order valence-corrected chi connectivity index (χ0v) is 7.95. The van der Waals surface area contributed by atoms with Crippen molar-refractivity contribution in [2.24, 2.45) is 5.73 Å². The van der Waals surface area contributed by atoms with E-state index in [0.29, 0.717) is 0 Å². The smallest absolute Gasteiger partial charge is 0.0100 e. The van der Waals surface area contributed by atoms with Gasteiger partial charge in [-0.15, -0.1) is 0 Å². The Balaban J connectivity index is 2.35. The Labute approximate surface area is 72.2 Å². The van der Waals surface area contributed by atoms with Crippen molar-refractivity contribution in [3.05, 3.63) is 22.4 Å². The van der Waals surface area contributed by atoms with Crippen LogP contribution in [0.4, 0.5) is 0 Å². The van der Waals surface area contributed by atoms with Crippen LogP contribution in [-0.2, 0) is 6.42 Å². The van der Waals surface area contributed by atoms with Gasteiger partial charge >= 0.3 is 0 Å². The average molecular weight is 169 g/mol. The Morgan fingerprint density at radius 2 is 2.27 bits per heavy atom. The molecule has 0 atom stereocenters. The predicted molar refractivity (Wildman–Crippen MR) is 50.9 cm³/mol. The van der Waals surface area contributed by atoms with Crippen LogP contribution in [0.5, 0.6) is 0 Å². The van der Waals surface area contributed by atoms with Gasteiger partial charge in [0.15, 0.2) is 0 Å². The molecule has 0 aliphatic rings. The first kappa shape index (κ1) is 8.75. The molecular formula is C9H15NS. The Morgan fingerprint density at radius 3 is 2.73 bits per heavy atom. The van der Waals surface area contributed by atoms with E-state index in [4.69, 9.17) is 5.73 Å². The Morgan fingerprint density at radius 1 is 1.55 bits per heavy atom. The fraction of sp³-hybridized carbons (Fsp3) is 0.556. The van der Waals surface area contributed by atoms with Crippen LogP contribution >= 0.6 is 11.3 Å². The maximum atomic E-state index is 5.86. The van der Waals surface area contributed by atoms with Crippen molar-refractivity contribution in [1.82, 2.24) is 0 Å². The van der Waals surface area contributed by atoms with Crippen LogP contribution in [0.1, 0.15) is 25.8 Å². The summed E-state index contributed by atoms with van der Waals surface area (Å²) < 4.78 is 0. The summed E-state index contributed by atoms with van der Waals surface area (Å²) in [4.78, 5) is 0. The normalized spacial score (nSPS) is 11.9. The van der Waals surface area contributed by atoms with Gasteiger partial charge in [-0.3, -0.25) is 0 Å². The number of rotatable bonds is 3. The summed E-state index contributed by atoms with van der Waals surface area (Å²) in [6, 6.07) is 2.16. The maximum Gasteiger partial charge on any atom is 0.0100 e. The van der Waals surface area contributed by atoms with Gasteiger partial charge in [0.05, 0.1) is 0 Å². The van der Waals surface area contributed by atoms with Crippen molar-refractivity contribution in [3.8, 4) is 0 Å². The fourth-order valence-corrected chi connectivity index (χ4v) is 1.60. The van der Waals surface area contributed by atoms with Gasteiger partial charge in [0.1, 0.15) is 0 Å². The van der Waals surface area contributed by atoms with Crippen LogP contribution < -0.4 is 5.73 Å². The summed E-state index contributed by atoms with van der Waals surface area (Å²) in [5.74, 6) is 0. The van der Waals surface area contributed by atoms with Crippen molar-refractivity contribution in [2.45, 2.75) is 32.2 Å². The minimum Gasteiger partial charge on any atom is -0.326 e. The van der Waals surface area contributed by atoms with E-state index in [1.165, 1.54) is 5.56 Å². The van der Waals surface area contributed by atoms with Gasteiger partial charge in [-0.05, 0) is 49.1 Å². The molecule has 0 saturated heterocycles. The molecule has 11 heavy (non-hydrogen) atoms. The molecule has 0 radical (unpaired) electrons. The van der Waals surface area contributed by atoms with E-state index in [1.54, 1.807) is 11.3 Å². The molecule has 2 N–H and O–H groups in total. The quantitative estimate of drug-likeness (QED) is 0.739. The summed E-state index contributed by atoms with van der Waals surface area (Å²) in [5, 5.41) is 4.30. The Kier molecular flexibility index (Phi) is 2.68. The molecule has 0 spiro atoms. The number of nitrogens with two attached hydrogens (primary N) is 1. The summed E-state index contributed by atoms with van der Waals surface area (Å²) >= 11 is 1.75. The van der Waals surface area contributed by atoms with Gasteiger partial charge in [-0.25, -0.2) is 0 Å². The molecule has 1 aromatic rings. The lowest BCUT2D eigenvalue weighted by atomic mass is 9.98. The minimum atomic E-state index is -0.0259. The Hall–Kier alpha value is -0.340. The third-order valence-electron chi connectivity index (χ3n) is 1.64. The van der Waals surface area contributed by atoms with E-state index in [-0.39, 0.29) is 5.54 Å². The molecule has 1 rings (SSSR count). The van der Waals surface area contributed by atoms with Gasteiger partial charge < -0.3 is 5.73 Å². The van der Waals surface area contributed by atoms with Gasteiger partial charge in [0, 0.05) is 5.54 Å². The van der Waals surface area contributed by atoms with Gasteiger partial charge in [0.25, 0.3) is 0 Å². The fourth-order valence-electron chi connectivity index (χ4n) is 0.901. The first-order chi connectivity index (χ1) is 5.08. The van der Waals surface area contributed by atoms with Crippen molar-refractivity contribution >= 4 is 11.3 Å². The molecule has 1 heterocycles. The first-order valence-corrected chi connectivity index (χ1v) is 4.82. The molecule has 2 heteroatoms. The molecule has 1 aromatic heterocycles. The van der Waals surface area contributed by atoms with Gasteiger partial charge in [0.2, 0.25) is 0 Å². The van der Waals surface area contributed by atoms with E-state index >= 15 is 0 Å².